The first-order valence-electron chi connectivity index (χ1n) is 8.83. The van der Waals surface area contributed by atoms with Crippen LogP contribution >= 0.6 is 0 Å². The molecule has 0 saturated heterocycles. The molecule has 0 saturated carbocycles. The van der Waals surface area contributed by atoms with Crippen LogP contribution in [0.15, 0.2) is 103 Å². The molecule has 26 heavy (non-hydrogen) atoms. The Morgan fingerprint density at radius 3 is 1.88 bits per heavy atom. The van der Waals surface area contributed by atoms with Crippen molar-refractivity contribution in [3.63, 3.8) is 0 Å². The van der Waals surface area contributed by atoms with Crippen molar-refractivity contribution in [2.75, 3.05) is 6.61 Å². The molecule has 0 atom stereocenters. The molecule has 0 amide bonds. The summed E-state index contributed by atoms with van der Waals surface area (Å²) in [5, 5.41) is 2.44. The molecule has 0 unspecified atom stereocenters. The standard InChI is InChI=1S/C13H10O.C12H10/c1-2-6-12-10(4-1)7-8-11-5-3-9-14-13(11)12;1-3-7-11(8-4-1)12-9-5-2-6-10-12/h1-8H,9H2;1-10H. The fraction of sp³-hybridized carbons (Fsp3) is 0.0400. The van der Waals surface area contributed by atoms with Gasteiger partial charge in [0.15, 0.2) is 0 Å². The van der Waals surface area contributed by atoms with Crippen molar-refractivity contribution in [1.29, 1.82) is 0 Å². The summed E-state index contributed by atoms with van der Waals surface area (Å²) >= 11 is 0. The van der Waals surface area contributed by atoms with Crippen molar-refractivity contribution in [1.82, 2.24) is 0 Å². The van der Waals surface area contributed by atoms with E-state index in [1.54, 1.807) is 0 Å². The van der Waals surface area contributed by atoms with Gasteiger partial charge in [-0.15, -0.1) is 0 Å². The van der Waals surface area contributed by atoms with Gasteiger partial charge in [0.1, 0.15) is 12.4 Å². The van der Waals surface area contributed by atoms with Crippen molar-refractivity contribution in [2.45, 2.75) is 0 Å². The van der Waals surface area contributed by atoms with Gasteiger partial charge in [0.2, 0.25) is 0 Å². The van der Waals surface area contributed by atoms with Gasteiger partial charge in [-0.25, -0.2) is 0 Å². The summed E-state index contributed by atoms with van der Waals surface area (Å²) in [7, 11) is 0. The van der Waals surface area contributed by atoms with E-state index < -0.39 is 0 Å². The topological polar surface area (TPSA) is 9.23 Å². The number of rotatable bonds is 1. The van der Waals surface area contributed by atoms with Crippen molar-refractivity contribution in [3.8, 4) is 16.9 Å². The third-order valence-electron chi connectivity index (χ3n) is 4.41. The Labute approximate surface area is 154 Å². The Bertz CT molecular complexity index is 980. The monoisotopic (exact) mass is 336 g/mol. The fourth-order valence-corrected chi connectivity index (χ4v) is 3.12. The Kier molecular flexibility index (Phi) is 4.79. The lowest BCUT2D eigenvalue weighted by Gasteiger charge is -2.14. The lowest BCUT2D eigenvalue weighted by Crippen LogP contribution is -2.00. The minimum absolute atomic E-state index is 0.682. The zero-order chi connectivity index (χ0) is 17.6. The minimum Gasteiger partial charge on any atom is -0.488 e. The number of ether oxygens (including phenoxy) is 1. The second kappa shape index (κ2) is 7.71. The molecule has 4 aromatic rings. The lowest BCUT2D eigenvalue weighted by molar-refractivity contribution is 0.363. The Morgan fingerprint density at radius 2 is 1.19 bits per heavy atom. The first-order valence-corrected chi connectivity index (χ1v) is 8.83. The summed E-state index contributed by atoms with van der Waals surface area (Å²) in [6.07, 6.45) is 4.16. The molecular weight excluding hydrogens is 316 g/mol. The Hall–Kier alpha value is -3.32. The Balaban J connectivity index is 0.000000131. The highest BCUT2D eigenvalue weighted by Gasteiger charge is 2.08. The molecular formula is C25H20O. The number of hydrogen-bond acceptors (Lipinski definition) is 1. The van der Waals surface area contributed by atoms with E-state index in [4.69, 9.17) is 4.74 Å². The number of fused-ring (bicyclic) bond motifs is 3. The SMILES string of the molecule is C1=Cc2ccc3ccccc3c2OC1.c1ccc(-c2ccccc2)cc1. The van der Waals surface area contributed by atoms with Gasteiger partial charge in [-0.1, -0.05) is 103 Å². The second-order valence-corrected chi connectivity index (χ2v) is 6.15. The van der Waals surface area contributed by atoms with Crippen LogP contribution in [0.3, 0.4) is 0 Å². The first-order chi connectivity index (χ1) is 12.9. The van der Waals surface area contributed by atoms with Gasteiger partial charge in [-0.05, 0) is 22.6 Å². The van der Waals surface area contributed by atoms with Crippen molar-refractivity contribution < 1.29 is 4.74 Å². The normalized spacial score (nSPS) is 11.8. The van der Waals surface area contributed by atoms with Crippen LogP contribution in [0.2, 0.25) is 0 Å². The molecule has 1 aliphatic rings. The maximum Gasteiger partial charge on any atom is 0.134 e. The molecule has 0 bridgehead atoms. The molecule has 0 spiro atoms. The molecule has 0 fully saturated rings. The van der Waals surface area contributed by atoms with E-state index in [2.05, 4.69) is 78.9 Å². The first kappa shape index (κ1) is 16.2. The average molecular weight is 336 g/mol. The van der Waals surface area contributed by atoms with E-state index in [-0.39, 0.29) is 0 Å². The largest absolute Gasteiger partial charge is 0.488 e. The smallest absolute Gasteiger partial charge is 0.134 e. The predicted octanol–water partition coefficient (Wildman–Crippen LogP) is 6.60. The quantitative estimate of drug-likeness (QED) is 0.380. The zero-order valence-electron chi connectivity index (χ0n) is 14.5. The van der Waals surface area contributed by atoms with Crippen molar-refractivity contribution in [2.24, 2.45) is 0 Å². The number of hydrogen-bond donors (Lipinski definition) is 0. The fourth-order valence-electron chi connectivity index (χ4n) is 3.12. The van der Waals surface area contributed by atoms with Gasteiger partial charge in [-0.2, -0.15) is 0 Å². The van der Waals surface area contributed by atoms with Crippen LogP contribution in [-0.2, 0) is 0 Å². The summed E-state index contributed by atoms with van der Waals surface area (Å²) in [5.74, 6) is 1.02. The van der Waals surface area contributed by atoms with Crippen LogP contribution in [0.1, 0.15) is 5.56 Å². The number of benzene rings is 4. The van der Waals surface area contributed by atoms with Crippen LogP contribution in [0.25, 0.3) is 28.0 Å². The van der Waals surface area contributed by atoms with E-state index in [0.717, 1.165) is 5.75 Å². The van der Waals surface area contributed by atoms with Crippen LogP contribution in [0.4, 0.5) is 0 Å². The molecule has 0 radical (unpaired) electrons. The minimum atomic E-state index is 0.682. The zero-order valence-corrected chi connectivity index (χ0v) is 14.5. The summed E-state index contributed by atoms with van der Waals surface area (Å²) in [6.45, 7) is 0.682. The predicted molar refractivity (Wildman–Crippen MR) is 110 cm³/mol. The average Bonchev–Trinajstić information content (AvgIpc) is 2.75. The summed E-state index contributed by atoms with van der Waals surface area (Å²) in [6, 6.07) is 33.3. The summed E-state index contributed by atoms with van der Waals surface area (Å²) in [5.41, 5.74) is 3.73. The van der Waals surface area contributed by atoms with Crippen LogP contribution < -0.4 is 4.74 Å². The van der Waals surface area contributed by atoms with Gasteiger partial charge in [-0.3, -0.25) is 0 Å². The van der Waals surface area contributed by atoms with Crippen molar-refractivity contribution >= 4 is 16.8 Å². The molecule has 0 aromatic heterocycles. The maximum atomic E-state index is 5.65. The van der Waals surface area contributed by atoms with Gasteiger partial charge in [0.05, 0.1) is 0 Å². The van der Waals surface area contributed by atoms with E-state index in [9.17, 15) is 0 Å². The van der Waals surface area contributed by atoms with Gasteiger partial charge < -0.3 is 4.74 Å². The van der Waals surface area contributed by atoms with Gasteiger partial charge in [0, 0.05) is 10.9 Å². The molecule has 0 N–H and O–H groups in total. The van der Waals surface area contributed by atoms with Crippen LogP contribution in [-0.4, -0.2) is 6.61 Å². The molecule has 0 aliphatic carbocycles. The lowest BCUT2D eigenvalue weighted by atomic mass is 10.0. The maximum absolute atomic E-state index is 5.65. The highest BCUT2D eigenvalue weighted by Crippen LogP contribution is 2.32. The summed E-state index contributed by atoms with van der Waals surface area (Å²) < 4.78 is 5.65. The summed E-state index contributed by atoms with van der Waals surface area (Å²) in [4.78, 5) is 0. The highest BCUT2D eigenvalue weighted by molar-refractivity contribution is 5.92. The second-order valence-electron chi connectivity index (χ2n) is 6.15. The van der Waals surface area contributed by atoms with E-state index in [1.807, 2.05) is 30.3 Å². The van der Waals surface area contributed by atoms with E-state index in [0.29, 0.717) is 6.61 Å². The molecule has 1 nitrogen and oxygen atoms in total. The third-order valence-corrected chi connectivity index (χ3v) is 4.41. The molecule has 126 valence electrons. The van der Waals surface area contributed by atoms with Crippen molar-refractivity contribution in [3.05, 3.63) is 109 Å². The van der Waals surface area contributed by atoms with Crippen LogP contribution in [0.5, 0.6) is 5.75 Å². The van der Waals surface area contributed by atoms with E-state index >= 15 is 0 Å². The molecule has 1 aliphatic heterocycles. The Morgan fingerprint density at radius 1 is 0.577 bits per heavy atom. The van der Waals surface area contributed by atoms with Gasteiger partial charge in [0.25, 0.3) is 0 Å². The van der Waals surface area contributed by atoms with Crippen LogP contribution in [0, 0.1) is 0 Å². The van der Waals surface area contributed by atoms with E-state index in [1.165, 1.54) is 27.5 Å². The molecule has 1 heterocycles. The molecule has 1 heteroatoms. The third kappa shape index (κ3) is 3.52. The van der Waals surface area contributed by atoms with Gasteiger partial charge >= 0.3 is 0 Å². The highest BCUT2D eigenvalue weighted by atomic mass is 16.5. The molecule has 4 aromatic carbocycles. The molecule has 5 rings (SSSR count).